The molecule has 0 atom stereocenters. The summed E-state index contributed by atoms with van der Waals surface area (Å²) < 4.78 is 21.2. The van der Waals surface area contributed by atoms with Gasteiger partial charge in [-0.25, -0.2) is 0 Å². The molecule has 0 spiro atoms. The van der Waals surface area contributed by atoms with Gasteiger partial charge < -0.3 is 16.5 Å². The maximum Gasteiger partial charge on any atom is 0.412 e. The number of hydrogen-bond acceptors (Lipinski definition) is 4. The van der Waals surface area contributed by atoms with Gasteiger partial charge in [-0.05, 0) is 5.56 Å². The lowest BCUT2D eigenvalue weighted by atomic mass is 10.2. The lowest BCUT2D eigenvalue weighted by molar-refractivity contribution is 0.328. The van der Waals surface area contributed by atoms with Gasteiger partial charge in [-0.3, -0.25) is 0 Å². The molecule has 0 amide bonds. The Balaban J connectivity index is 1.86. The molecule has 1 saturated heterocycles. The first kappa shape index (κ1) is 11.4. The Bertz CT molecular complexity index is 278. The van der Waals surface area contributed by atoms with E-state index < -0.39 is 9.28 Å². The summed E-state index contributed by atoms with van der Waals surface area (Å²) in [7, 11) is -1.17. The van der Waals surface area contributed by atoms with Crippen molar-refractivity contribution < 1.29 is 16.5 Å². The van der Waals surface area contributed by atoms with Crippen LogP contribution < -0.4 is 0 Å². The third kappa shape index (κ3) is 4.12. The molecule has 1 heterocycles. The smallest absolute Gasteiger partial charge is 0.412 e. The first-order valence-electron chi connectivity index (χ1n) is 4.25. The van der Waals surface area contributed by atoms with Crippen molar-refractivity contribution in [3.05, 3.63) is 35.9 Å². The Morgan fingerprint density at radius 2 is 1.60 bits per heavy atom. The van der Waals surface area contributed by atoms with E-state index in [1.807, 2.05) is 18.2 Å². The number of hydrogen-bond donors (Lipinski definition) is 0. The standard InChI is InChI=1S/C7H7O4Si4/c1-2-4-7(5-3-1)6-15-10-13-8-12-9-14-11-15/h1-5H,6H2. The molecule has 2 rings (SSSR count). The van der Waals surface area contributed by atoms with Gasteiger partial charge in [0, 0.05) is 6.04 Å². The second kappa shape index (κ2) is 6.50. The summed E-state index contributed by atoms with van der Waals surface area (Å²) in [6.45, 7) is 0. The topological polar surface area (TPSA) is 36.9 Å². The predicted octanol–water partition coefficient (Wildman–Crippen LogP) is -0.0609. The van der Waals surface area contributed by atoms with E-state index in [9.17, 15) is 0 Å². The van der Waals surface area contributed by atoms with Crippen LogP contribution in [0.1, 0.15) is 5.56 Å². The van der Waals surface area contributed by atoms with Crippen molar-refractivity contribution in [3.63, 3.8) is 0 Å². The summed E-state index contributed by atoms with van der Waals surface area (Å²) in [5.41, 5.74) is 1.23. The van der Waals surface area contributed by atoms with Gasteiger partial charge in [-0.1, -0.05) is 30.3 Å². The maximum absolute atomic E-state index is 5.51. The lowest BCUT2D eigenvalue weighted by Crippen LogP contribution is -2.35. The summed E-state index contributed by atoms with van der Waals surface area (Å²) in [6, 6.07) is 11.0. The lowest BCUT2D eigenvalue weighted by Gasteiger charge is -2.16. The van der Waals surface area contributed by atoms with Crippen molar-refractivity contribution >= 4 is 39.3 Å². The number of benzene rings is 1. The zero-order chi connectivity index (χ0) is 10.3. The molecule has 7 radical (unpaired) electrons. The van der Waals surface area contributed by atoms with Gasteiger partial charge in [-0.15, -0.1) is 0 Å². The minimum atomic E-state index is -1.28. The minimum absolute atomic E-state index is 0.0344. The SMILES string of the molecule is c1ccc(C[Si]2O[Si]O[Si]O[Si]O2)cc1. The van der Waals surface area contributed by atoms with Crippen LogP contribution in [0.15, 0.2) is 30.3 Å². The molecule has 0 aromatic heterocycles. The molecule has 1 fully saturated rings. The first-order chi connectivity index (χ1) is 7.45. The Labute approximate surface area is 97.9 Å². The Kier molecular flexibility index (Phi) is 4.94. The Hall–Kier alpha value is -0.0725. The highest BCUT2D eigenvalue weighted by Crippen LogP contribution is 2.04. The minimum Gasteiger partial charge on any atom is -0.413 e. The maximum atomic E-state index is 5.51. The average Bonchev–Trinajstić information content (AvgIpc) is 2.23. The molecular formula is C7H7O4Si4. The van der Waals surface area contributed by atoms with E-state index in [1.165, 1.54) is 5.56 Å². The molecule has 4 nitrogen and oxygen atoms in total. The van der Waals surface area contributed by atoms with Crippen molar-refractivity contribution in [2.75, 3.05) is 0 Å². The van der Waals surface area contributed by atoms with Crippen LogP contribution in [0, 0.1) is 0 Å². The molecule has 0 aliphatic carbocycles. The van der Waals surface area contributed by atoms with E-state index in [2.05, 4.69) is 12.1 Å². The third-order valence-corrected chi connectivity index (χ3v) is 6.19. The largest absolute Gasteiger partial charge is 0.413 e. The highest BCUT2D eigenvalue weighted by Gasteiger charge is 2.20. The molecule has 1 aromatic rings. The fraction of sp³-hybridized carbons (Fsp3) is 0.143. The molecular weight excluding hydrogens is 260 g/mol. The van der Waals surface area contributed by atoms with E-state index in [1.54, 1.807) is 0 Å². The molecule has 8 heteroatoms. The second-order valence-electron chi connectivity index (χ2n) is 2.69. The third-order valence-electron chi connectivity index (χ3n) is 1.67. The monoisotopic (exact) mass is 267 g/mol. The van der Waals surface area contributed by atoms with Crippen molar-refractivity contribution in [2.45, 2.75) is 6.04 Å². The van der Waals surface area contributed by atoms with Gasteiger partial charge >= 0.3 is 39.3 Å². The molecule has 15 heavy (non-hydrogen) atoms. The molecule has 0 unspecified atom stereocenters. The number of rotatable bonds is 2. The van der Waals surface area contributed by atoms with Gasteiger partial charge in [0.2, 0.25) is 0 Å². The van der Waals surface area contributed by atoms with E-state index in [0.717, 1.165) is 6.04 Å². The van der Waals surface area contributed by atoms with E-state index in [-0.39, 0.29) is 30.0 Å². The fourth-order valence-electron chi connectivity index (χ4n) is 1.04. The van der Waals surface area contributed by atoms with E-state index in [4.69, 9.17) is 16.5 Å². The molecule has 75 valence electrons. The summed E-state index contributed by atoms with van der Waals surface area (Å²) in [5, 5.41) is 0. The molecule has 0 N–H and O–H groups in total. The molecule has 0 saturated carbocycles. The normalized spacial score (nSPS) is 19.5. The summed E-state index contributed by atoms with van der Waals surface area (Å²) in [5.74, 6) is 0. The van der Waals surface area contributed by atoms with Gasteiger partial charge in [0.05, 0.1) is 0 Å². The molecule has 1 aliphatic heterocycles. The van der Waals surface area contributed by atoms with Crippen LogP contribution in [0.5, 0.6) is 0 Å². The summed E-state index contributed by atoms with van der Waals surface area (Å²) in [4.78, 5) is 0. The van der Waals surface area contributed by atoms with Crippen molar-refractivity contribution in [3.8, 4) is 0 Å². The second-order valence-corrected chi connectivity index (χ2v) is 7.56. The van der Waals surface area contributed by atoms with Crippen LogP contribution in [0.2, 0.25) is 0 Å². The predicted molar refractivity (Wildman–Crippen MR) is 57.5 cm³/mol. The molecule has 0 bridgehead atoms. The van der Waals surface area contributed by atoms with Gasteiger partial charge in [0.25, 0.3) is 0 Å². The first-order valence-corrected chi connectivity index (χ1v) is 8.22. The van der Waals surface area contributed by atoms with Crippen LogP contribution in [0.3, 0.4) is 0 Å². The zero-order valence-electron chi connectivity index (χ0n) is 7.73. The van der Waals surface area contributed by atoms with E-state index >= 15 is 0 Å². The highest BCUT2D eigenvalue weighted by molar-refractivity contribution is 6.59. The summed E-state index contributed by atoms with van der Waals surface area (Å²) in [6.07, 6.45) is 0. The van der Waals surface area contributed by atoms with Crippen LogP contribution >= 0.6 is 0 Å². The zero-order valence-corrected chi connectivity index (χ0v) is 11.7. The van der Waals surface area contributed by atoms with Gasteiger partial charge in [0.1, 0.15) is 0 Å². The van der Waals surface area contributed by atoms with Gasteiger partial charge in [-0.2, -0.15) is 0 Å². The van der Waals surface area contributed by atoms with Gasteiger partial charge in [0.15, 0.2) is 0 Å². The average molecular weight is 267 g/mol. The summed E-state index contributed by atoms with van der Waals surface area (Å²) >= 11 is 0. The van der Waals surface area contributed by atoms with Crippen molar-refractivity contribution in [1.82, 2.24) is 0 Å². The molecule has 1 aromatic carbocycles. The van der Waals surface area contributed by atoms with Crippen molar-refractivity contribution in [2.24, 2.45) is 0 Å². The van der Waals surface area contributed by atoms with E-state index in [0.29, 0.717) is 0 Å². The van der Waals surface area contributed by atoms with Crippen LogP contribution in [-0.4, -0.2) is 39.3 Å². The molecule has 1 aliphatic rings. The van der Waals surface area contributed by atoms with Crippen LogP contribution in [0.4, 0.5) is 0 Å². The highest BCUT2D eigenvalue weighted by atomic mass is 28.4. The quantitative estimate of drug-likeness (QED) is 0.704. The Morgan fingerprint density at radius 3 is 2.27 bits per heavy atom. The van der Waals surface area contributed by atoms with Crippen LogP contribution in [0.25, 0.3) is 0 Å². The Morgan fingerprint density at radius 1 is 0.933 bits per heavy atom. The fourth-order valence-corrected chi connectivity index (χ4v) is 5.37. The van der Waals surface area contributed by atoms with Crippen molar-refractivity contribution in [1.29, 1.82) is 0 Å². The van der Waals surface area contributed by atoms with Crippen LogP contribution in [-0.2, 0) is 22.5 Å².